The number of carbonyl (C=O) groups is 1. The van der Waals surface area contributed by atoms with E-state index in [1.165, 1.54) is 19.3 Å². The summed E-state index contributed by atoms with van der Waals surface area (Å²) in [6, 6.07) is 4.67. The van der Waals surface area contributed by atoms with E-state index in [-0.39, 0.29) is 22.4 Å². The lowest BCUT2D eigenvalue weighted by atomic mass is 10.2. The van der Waals surface area contributed by atoms with Gasteiger partial charge in [0.05, 0.1) is 11.3 Å². The summed E-state index contributed by atoms with van der Waals surface area (Å²) in [5.41, 5.74) is 0.471. The zero-order valence-corrected chi connectivity index (χ0v) is 14.3. The summed E-state index contributed by atoms with van der Waals surface area (Å²) in [4.78, 5) is 16.0. The van der Waals surface area contributed by atoms with Crippen LogP contribution >= 0.6 is 22.9 Å². The highest BCUT2D eigenvalue weighted by atomic mass is 35.5. The Kier molecular flexibility index (Phi) is 5.05. The third-order valence-corrected chi connectivity index (χ3v) is 5.83. The van der Waals surface area contributed by atoms with Crippen molar-refractivity contribution in [1.82, 2.24) is 10.3 Å². The fourth-order valence-corrected chi connectivity index (χ4v) is 4.28. The molecule has 1 aromatic carbocycles. The Balaban J connectivity index is 2.22. The van der Waals surface area contributed by atoms with Crippen LogP contribution in [0.2, 0.25) is 5.02 Å². The third kappa shape index (κ3) is 3.76. The summed E-state index contributed by atoms with van der Waals surface area (Å²) in [7, 11) is -2.24. The summed E-state index contributed by atoms with van der Waals surface area (Å²) in [5, 5.41) is 3.08. The molecule has 0 atom stereocenters. The molecule has 0 aliphatic heterocycles. The van der Waals surface area contributed by atoms with Crippen LogP contribution in [0, 0.1) is 6.92 Å². The smallest absolute Gasteiger partial charge is 0.263 e. The van der Waals surface area contributed by atoms with Gasteiger partial charge >= 0.3 is 0 Å². The van der Waals surface area contributed by atoms with Crippen molar-refractivity contribution in [3.63, 3.8) is 0 Å². The first-order valence-corrected chi connectivity index (χ1v) is 8.94. The van der Waals surface area contributed by atoms with Crippen molar-refractivity contribution in [2.45, 2.75) is 18.2 Å². The number of aromatic nitrogens is 1. The maximum absolute atomic E-state index is 12.4. The van der Waals surface area contributed by atoms with Gasteiger partial charge in [0.25, 0.3) is 10.0 Å². The van der Waals surface area contributed by atoms with Crippen molar-refractivity contribution >= 4 is 44.0 Å². The van der Waals surface area contributed by atoms with Gasteiger partial charge in [-0.15, -0.1) is 11.3 Å². The van der Waals surface area contributed by atoms with Gasteiger partial charge in [-0.05, 0) is 24.6 Å². The van der Waals surface area contributed by atoms with Gasteiger partial charge in [-0.3, -0.25) is 9.52 Å². The summed E-state index contributed by atoms with van der Waals surface area (Å²) in [5.74, 6) is -0.163. The molecule has 0 radical (unpaired) electrons. The van der Waals surface area contributed by atoms with E-state index in [2.05, 4.69) is 15.0 Å². The Morgan fingerprint density at radius 2 is 2.14 bits per heavy atom. The van der Waals surface area contributed by atoms with Gasteiger partial charge in [0.2, 0.25) is 5.91 Å². The number of benzene rings is 1. The van der Waals surface area contributed by atoms with Gasteiger partial charge in [0.1, 0.15) is 0 Å². The number of halogens is 1. The van der Waals surface area contributed by atoms with Crippen LogP contribution in [0.3, 0.4) is 0 Å². The summed E-state index contributed by atoms with van der Waals surface area (Å²) in [6.45, 7) is 1.63. The zero-order chi connectivity index (χ0) is 16.3. The van der Waals surface area contributed by atoms with Gasteiger partial charge < -0.3 is 5.32 Å². The third-order valence-electron chi connectivity index (χ3n) is 2.90. The second-order valence-electron chi connectivity index (χ2n) is 4.45. The van der Waals surface area contributed by atoms with Gasteiger partial charge in [0.15, 0.2) is 5.13 Å². The second-order valence-corrected chi connectivity index (χ2v) is 7.62. The quantitative estimate of drug-likeness (QED) is 0.856. The van der Waals surface area contributed by atoms with E-state index >= 15 is 0 Å². The highest BCUT2D eigenvalue weighted by molar-refractivity contribution is 7.93. The molecule has 9 heteroatoms. The number of anilines is 1. The first kappa shape index (κ1) is 16.7. The van der Waals surface area contributed by atoms with Crippen molar-refractivity contribution in [2.24, 2.45) is 0 Å². The number of hydrogen-bond acceptors (Lipinski definition) is 5. The summed E-state index contributed by atoms with van der Waals surface area (Å²) < 4.78 is 27.2. The van der Waals surface area contributed by atoms with Crippen molar-refractivity contribution in [3.8, 4) is 0 Å². The Labute approximate surface area is 137 Å². The summed E-state index contributed by atoms with van der Waals surface area (Å²) >= 11 is 7.06. The molecule has 6 nitrogen and oxygen atoms in total. The van der Waals surface area contributed by atoms with Gasteiger partial charge in [-0.2, -0.15) is 0 Å². The molecule has 0 saturated carbocycles. The van der Waals surface area contributed by atoms with Crippen LogP contribution in [-0.2, 0) is 21.2 Å². The molecule has 22 heavy (non-hydrogen) atoms. The van der Waals surface area contributed by atoms with E-state index in [1.807, 2.05) is 0 Å². The molecule has 1 aromatic heterocycles. The second kappa shape index (κ2) is 6.64. The summed E-state index contributed by atoms with van der Waals surface area (Å²) in [6.07, 6.45) is 1.63. The van der Waals surface area contributed by atoms with Crippen LogP contribution in [0.1, 0.15) is 10.4 Å². The lowest BCUT2D eigenvalue weighted by molar-refractivity contribution is -0.119. The first-order valence-electron chi connectivity index (χ1n) is 6.26. The van der Waals surface area contributed by atoms with Crippen molar-refractivity contribution in [2.75, 3.05) is 11.8 Å². The molecular weight excluding hydrogens is 346 g/mol. The number of rotatable bonds is 5. The number of hydrogen-bond donors (Lipinski definition) is 2. The maximum Gasteiger partial charge on any atom is 0.263 e. The van der Waals surface area contributed by atoms with E-state index in [0.29, 0.717) is 15.5 Å². The number of thiazole rings is 1. The first-order chi connectivity index (χ1) is 10.3. The number of carbonyl (C=O) groups excluding carboxylic acids is 1. The Morgan fingerprint density at radius 3 is 2.82 bits per heavy atom. The van der Waals surface area contributed by atoms with E-state index in [0.717, 1.165) is 11.3 Å². The largest absolute Gasteiger partial charge is 0.359 e. The number of sulfonamides is 1. The monoisotopic (exact) mass is 359 g/mol. The lowest BCUT2D eigenvalue weighted by Gasteiger charge is -2.09. The van der Waals surface area contributed by atoms with Crippen LogP contribution in [0.4, 0.5) is 5.13 Å². The topological polar surface area (TPSA) is 88.2 Å². The Morgan fingerprint density at radius 1 is 1.41 bits per heavy atom. The van der Waals surface area contributed by atoms with Crippen molar-refractivity contribution in [3.05, 3.63) is 39.9 Å². The molecule has 0 aliphatic rings. The van der Waals surface area contributed by atoms with E-state index in [4.69, 9.17) is 11.6 Å². The molecule has 2 rings (SSSR count). The lowest BCUT2D eigenvalue weighted by Crippen LogP contribution is -2.19. The fourth-order valence-electron chi connectivity index (χ4n) is 1.73. The molecule has 0 saturated heterocycles. The molecule has 0 fully saturated rings. The van der Waals surface area contributed by atoms with E-state index in [1.54, 1.807) is 19.1 Å². The zero-order valence-electron chi connectivity index (χ0n) is 11.9. The number of nitrogens with zero attached hydrogens (tertiary/aromatic N) is 1. The average Bonchev–Trinajstić information content (AvgIpc) is 2.87. The fraction of sp³-hybridized carbons (Fsp3) is 0.231. The van der Waals surface area contributed by atoms with Gasteiger partial charge in [-0.25, -0.2) is 13.4 Å². The molecule has 1 amide bonds. The molecule has 118 valence electrons. The molecule has 2 aromatic rings. The molecule has 0 bridgehead atoms. The standard InChI is InChI=1S/C13H14ClN3O3S2/c1-8-10(14)4-3-5-11(8)22(19,20)17-13-16-7-9(21-13)6-12(18)15-2/h3-5,7H,6H2,1-2H3,(H,15,18)(H,16,17). The van der Waals surface area contributed by atoms with Crippen LogP contribution in [0.15, 0.2) is 29.3 Å². The van der Waals surface area contributed by atoms with Crippen molar-refractivity contribution < 1.29 is 13.2 Å². The predicted molar refractivity (Wildman–Crippen MR) is 86.9 cm³/mol. The molecule has 1 heterocycles. The van der Waals surface area contributed by atoms with Crippen LogP contribution in [-0.4, -0.2) is 26.4 Å². The number of nitrogens with one attached hydrogen (secondary N) is 2. The van der Waals surface area contributed by atoms with E-state index < -0.39 is 10.0 Å². The molecule has 0 spiro atoms. The highest BCUT2D eigenvalue weighted by Gasteiger charge is 2.20. The number of amides is 1. The van der Waals surface area contributed by atoms with Crippen LogP contribution in [0.25, 0.3) is 0 Å². The molecule has 2 N–H and O–H groups in total. The minimum atomic E-state index is -3.77. The molecular formula is C13H14ClN3O3S2. The normalized spacial score (nSPS) is 11.2. The SMILES string of the molecule is CNC(=O)Cc1cnc(NS(=O)(=O)c2cccc(Cl)c2C)s1. The van der Waals surface area contributed by atoms with Crippen LogP contribution in [0.5, 0.6) is 0 Å². The average molecular weight is 360 g/mol. The molecule has 0 aliphatic carbocycles. The highest BCUT2D eigenvalue weighted by Crippen LogP contribution is 2.26. The van der Waals surface area contributed by atoms with Gasteiger partial charge in [0, 0.05) is 23.1 Å². The Bertz CT molecular complexity index is 803. The van der Waals surface area contributed by atoms with E-state index in [9.17, 15) is 13.2 Å². The van der Waals surface area contributed by atoms with Gasteiger partial charge in [-0.1, -0.05) is 17.7 Å². The van der Waals surface area contributed by atoms with Crippen molar-refractivity contribution in [1.29, 1.82) is 0 Å². The van der Waals surface area contributed by atoms with Crippen LogP contribution < -0.4 is 10.0 Å². The minimum Gasteiger partial charge on any atom is -0.359 e. The number of likely N-dealkylation sites (N-methyl/N-ethyl adjacent to an activating group) is 1. The minimum absolute atomic E-state index is 0.100. The maximum atomic E-state index is 12.4. The molecule has 0 unspecified atom stereocenters. The predicted octanol–water partition coefficient (Wildman–Crippen LogP) is 2.19. The Hall–Kier alpha value is -1.64.